The van der Waals surface area contributed by atoms with Gasteiger partial charge in [-0.2, -0.15) is 0 Å². The summed E-state index contributed by atoms with van der Waals surface area (Å²) >= 11 is 0. The smallest absolute Gasteiger partial charge is 0.153 e. The zero-order valence-electron chi connectivity index (χ0n) is 10.4. The molecule has 94 valence electrons. The first-order valence-electron chi connectivity index (χ1n) is 5.50. The summed E-state index contributed by atoms with van der Waals surface area (Å²) in [4.78, 5) is 10.6. The van der Waals surface area contributed by atoms with Crippen LogP contribution >= 0.6 is 0 Å². The highest BCUT2D eigenvalue weighted by molar-refractivity contribution is 5.77. The highest BCUT2D eigenvalue weighted by Gasteiger charge is 2.20. The summed E-state index contributed by atoms with van der Waals surface area (Å²) < 4.78 is 17.6. The molecular weight excluding hydrogens is 221 g/mol. The van der Waals surface area contributed by atoms with Crippen LogP contribution in [0.2, 0.25) is 0 Å². The first kappa shape index (κ1) is 13.8. The number of aldehydes is 1. The Hall–Kier alpha value is -1.26. The first-order chi connectivity index (χ1) is 8.13. The fraction of sp³-hybridized carbons (Fsp3) is 0.462. The van der Waals surface area contributed by atoms with Gasteiger partial charge in [0.05, 0.1) is 5.56 Å². The summed E-state index contributed by atoms with van der Waals surface area (Å²) in [6.07, 6.45) is 0.577. The number of nitrogens with one attached hydrogen (secondary N) is 1. The van der Waals surface area contributed by atoms with Crippen LogP contribution in [0.5, 0.6) is 0 Å². The Labute approximate surface area is 101 Å². The van der Waals surface area contributed by atoms with E-state index < -0.39 is 5.82 Å². The molecule has 0 saturated carbocycles. The van der Waals surface area contributed by atoms with Crippen LogP contribution < -0.4 is 5.32 Å². The molecule has 2 rings (SSSR count). The summed E-state index contributed by atoms with van der Waals surface area (Å²) in [6, 6.07) is 3.38. The summed E-state index contributed by atoms with van der Waals surface area (Å²) in [5.74, 6) is 0.00537. The van der Waals surface area contributed by atoms with Gasteiger partial charge < -0.3 is 10.1 Å². The summed E-state index contributed by atoms with van der Waals surface area (Å²) in [7, 11) is 3.25. The van der Waals surface area contributed by atoms with Gasteiger partial charge in [0.25, 0.3) is 0 Å². The van der Waals surface area contributed by atoms with Crippen molar-refractivity contribution in [3.8, 4) is 0 Å². The third-order valence-electron chi connectivity index (χ3n) is 2.73. The van der Waals surface area contributed by atoms with E-state index >= 15 is 0 Å². The highest BCUT2D eigenvalue weighted by atomic mass is 19.1. The molecule has 1 aromatic carbocycles. The summed E-state index contributed by atoms with van der Waals surface area (Å²) in [6.45, 7) is 3.57. The molecule has 1 aliphatic rings. The van der Waals surface area contributed by atoms with E-state index in [4.69, 9.17) is 0 Å². The standard InChI is InChI=1S/C11H12FNO.C2H6O/c1-7-2-8(9-4-13-5-9)3-11(12)10(7)6-14;1-3-2/h2-3,6,9,13H,4-5H2,1H3;1-2H3. The average Bonchev–Trinajstić information content (AvgIpc) is 2.15. The van der Waals surface area contributed by atoms with Crippen molar-refractivity contribution in [3.05, 3.63) is 34.6 Å². The lowest BCUT2D eigenvalue weighted by molar-refractivity contribution is 0.111. The molecule has 0 bridgehead atoms. The number of rotatable bonds is 2. The van der Waals surface area contributed by atoms with E-state index in [9.17, 15) is 9.18 Å². The molecule has 0 atom stereocenters. The van der Waals surface area contributed by atoms with E-state index in [0.717, 1.165) is 24.2 Å². The lowest BCUT2D eigenvalue weighted by atomic mass is 9.91. The Bertz CT molecular complexity index is 366. The molecule has 3 nitrogen and oxygen atoms in total. The van der Waals surface area contributed by atoms with Gasteiger partial charge in [-0.1, -0.05) is 6.07 Å². The molecule has 1 fully saturated rings. The van der Waals surface area contributed by atoms with Crippen LogP contribution in [-0.4, -0.2) is 33.6 Å². The second kappa shape index (κ2) is 6.47. The Balaban J connectivity index is 0.000000437. The molecule has 1 aromatic rings. The van der Waals surface area contributed by atoms with Gasteiger partial charge in [-0.3, -0.25) is 4.79 Å². The summed E-state index contributed by atoms with van der Waals surface area (Å²) in [5.41, 5.74) is 1.90. The molecule has 1 aliphatic heterocycles. The van der Waals surface area contributed by atoms with Crippen molar-refractivity contribution in [1.29, 1.82) is 0 Å². The van der Waals surface area contributed by atoms with E-state index in [-0.39, 0.29) is 5.56 Å². The van der Waals surface area contributed by atoms with Gasteiger partial charge in [0.15, 0.2) is 6.29 Å². The average molecular weight is 239 g/mol. The number of methoxy groups -OCH3 is 1. The number of carbonyl (C=O) groups is 1. The molecule has 0 radical (unpaired) electrons. The second-order valence-corrected chi connectivity index (χ2v) is 4.11. The molecule has 1 saturated heterocycles. The maximum Gasteiger partial charge on any atom is 0.153 e. The minimum Gasteiger partial charge on any atom is -0.388 e. The Morgan fingerprint density at radius 3 is 2.35 bits per heavy atom. The maximum absolute atomic E-state index is 13.4. The molecule has 1 N–H and O–H groups in total. The van der Waals surface area contributed by atoms with Gasteiger partial charge in [-0.05, 0) is 24.1 Å². The van der Waals surface area contributed by atoms with E-state index in [2.05, 4.69) is 10.1 Å². The lowest BCUT2D eigenvalue weighted by Gasteiger charge is -2.28. The monoisotopic (exact) mass is 239 g/mol. The minimum atomic E-state index is -0.401. The molecule has 0 spiro atoms. The SMILES string of the molecule is COC.Cc1cc(C2CNC2)cc(F)c1C=O. The molecule has 0 unspecified atom stereocenters. The number of halogens is 1. The van der Waals surface area contributed by atoms with Crippen molar-refractivity contribution < 1.29 is 13.9 Å². The van der Waals surface area contributed by atoms with Gasteiger partial charge in [0, 0.05) is 33.2 Å². The van der Waals surface area contributed by atoms with Crippen molar-refractivity contribution >= 4 is 6.29 Å². The first-order valence-corrected chi connectivity index (χ1v) is 5.50. The summed E-state index contributed by atoms with van der Waals surface area (Å²) in [5, 5.41) is 3.14. The number of ether oxygens (including phenoxy) is 1. The third kappa shape index (κ3) is 3.35. The van der Waals surface area contributed by atoms with Gasteiger partial charge in [0.2, 0.25) is 0 Å². The number of hydrogen-bond donors (Lipinski definition) is 1. The van der Waals surface area contributed by atoms with Crippen LogP contribution in [0, 0.1) is 12.7 Å². The lowest BCUT2D eigenvalue weighted by Crippen LogP contribution is -2.39. The van der Waals surface area contributed by atoms with Gasteiger partial charge in [0.1, 0.15) is 5.82 Å². The van der Waals surface area contributed by atoms with E-state index in [1.807, 2.05) is 6.07 Å². The van der Waals surface area contributed by atoms with Crippen LogP contribution in [0.15, 0.2) is 12.1 Å². The molecule has 0 aromatic heterocycles. The van der Waals surface area contributed by atoms with Gasteiger partial charge in [-0.15, -0.1) is 0 Å². The Morgan fingerprint density at radius 2 is 2.00 bits per heavy atom. The molecule has 17 heavy (non-hydrogen) atoms. The second-order valence-electron chi connectivity index (χ2n) is 4.11. The van der Waals surface area contributed by atoms with Crippen molar-refractivity contribution in [2.75, 3.05) is 27.3 Å². The van der Waals surface area contributed by atoms with Crippen molar-refractivity contribution in [2.24, 2.45) is 0 Å². The predicted octanol–water partition coefficient (Wildman–Crippen LogP) is 1.90. The maximum atomic E-state index is 13.4. The highest BCUT2D eigenvalue weighted by Crippen LogP contribution is 2.23. The topological polar surface area (TPSA) is 38.3 Å². The van der Waals surface area contributed by atoms with Crippen molar-refractivity contribution in [3.63, 3.8) is 0 Å². The molecule has 1 heterocycles. The zero-order valence-corrected chi connectivity index (χ0v) is 10.4. The van der Waals surface area contributed by atoms with E-state index in [1.54, 1.807) is 21.1 Å². The fourth-order valence-corrected chi connectivity index (χ4v) is 1.69. The fourth-order valence-electron chi connectivity index (χ4n) is 1.69. The van der Waals surface area contributed by atoms with E-state index in [1.165, 1.54) is 6.07 Å². The largest absolute Gasteiger partial charge is 0.388 e. The van der Waals surface area contributed by atoms with Crippen LogP contribution in [0.25, 0.3) is 0 Å². The number of hydrogen-bond acceptors (Lipinski definition) is 3. The van der Waals surface area contributed by atoms with Crippen LogP contribution in [0.3, 0.4) is 0 Å². The molecule has 0 amide bonds. The Kier molecular flexibility index (Phi) is 5.25. The van der Waals surface area contributed by atoms with Crippen LogP contribution in [0.1, 0.15) is 27.4 Å². The third-order valence-corrected chi connectivity index (χ3v) is 2.73. The number of carbonyl (C=O) groups excluding carboxylic acids is 1. The minimum absolute atomic E-state index is 0.182. The predicted molar refractivity (Wildman–Crippen MR) is 65.1 cm³/mol. The van der Waals surface area contributed by atoms with Gasteiger partial charge >= 0.3 is 0 Å². The number of aryl methyl sites for hydroxylation is 1. The molecule has 0 aliphatic carbocycles. The zero-order chi connectivity index (χ0) is 12.8. The van der Waals surface area contributed by atoms with Crippen molar-refractivity contribution in [2.45, 2.75) is 12.8 Å². The molecular formula is C13H18FNO2. The Morgan fingerprint density at radius 1 is 1.41 bits per heavy atom. The van der Waals surface area contributed by atoms with E-state index in [0.29, 0.717) is 12.2 Å². The van der Waals surface area contributed by atoms with Gasteiger partial charge in [-0.25, -0.2) is 4.39 Å². The van der Waals surface area contributed by atoms with Crippen LogP contribution in [-0.2, 0) is 4.74 Å². The number of benzene rings is 1. The van der Waals surface area contributed by atoms with Crippen LogP contribution in [0.4, 0.5) is 4.39 Å². The quantitative estimate of drug-likeness (QED) is 0.801. The molecule has 4 heteroatoms. The van der Waals surface area contributed by atoms with Crippen molar-refractivity contribution in [1.82, 2.24) is 5.32 Å². The normalized spacial score (nSPS) is 14.6.